The number of ether oxygens (including phenoxy) is 1. The van der Waals surface area contributed by atoms with Crippen LogP contribution in [0.2, 0.25) is 0 Å². The van der Waals surface area contributed by atoms with Gasteiger partial charge in [0.2, 0.25) is 0 Å². The van der Waals surface area contributed by atoms with Gasteiger partial charge in [-0.25, -0.2) is 9.97 Å². The number of rotatable bonds is 5. The minimum Gasteiger partial charge on any atom is -0.374 e. The lowest BCUT2D eigenvalue weighted by Crippen LogP contribution is -2.31. The Kier molecular flexibility index (Phi) is 4.48. The van der Waals surface area contributed by atoms with Crippen LogP contribution in [0.5, 0.6) is 0 Å². The van der Waals surface area contributed by atoms with E-state index in [9.17, 15) is 0 Å². The molecule has 0 aliphatic carbocycles. The summed E-state index contributed by atoms with van der Waals surface area (Å²) in [6.45, 7) is 7.45. The molecule has 0 aliphatic heterocycles. The van der Waals surface area contributed by atoms with E-state index in [1.165, 1.54) is 0 Å². The summed E-state index contributed by atoms with van der Waals surface area (Å²) in [6, 6.07) is 1.95. The van der Waals surface area contributed by atoms with E-state index in [-0.39, 0.29) is 5.60 Å². The van der Waals surface area contributed by atoms with Gasteiger partial charge in [0.25, 0.3) is 0 Å². The van der Waals surface area contributed by atoms with Crippen LogP contribution in [0.3, 0.4) is 0 Å². The second-order valence-corrected chi connectivity index (χ2v) is 6.12. The second-order valence-electron chi connectivity index (χ2n) is 4.94. The summed E-state index contributed by atoms with van der Waals surface area (Å²) < 4.78 is 8.69. The predicted molar refractivity (Wildman–Crippen MR) is 80.5 cm³/mol. The first kappa shape index (κ1) is 14.8. The smallest absolute Gasteiger partial charge is 0.160 e. The number of imidazole rings is 1. The van der Waals surface area contributed by atoms with Crippen LogP contribution in [-0.2, 0) is 17.2 Å². The maximum absolute atomic E-state index is 5.99. The molecule has 2 rings (SSSR count). The molecule has 0 saturated heterocycles. The maximum atomic E-state index is 5.99. The van der Waals surface area contributed by atoms with E-state index in [2.05, 4.69) is 39.7 Å². The van der Waals surface area contributed by atoms with Crippen LogP contribution >= 0.6 is 27.5 Å². The third kappa shape index (κ3) is 3.27. The lowest BCUT2D eigenvalue weighted by Gasteiger charge is -2.26. The quantitative estimate of drug-likeness (QED) is 0.774. The van der Waals surface area contributed by atoms with Crippen molar-refractivity contribution in [2.24, 2.45) is 0 Å². The minimum atomic E-state index is -0.280. The maximum Gasteiger partial charge on any atom is 0.160 e. The highest BCUT2D eigenvalue weighted by Crippen LogP contribution is 2.22. The molecule has 0 atom stereocenters. The Hall–Kier alpha value is -0.650. The molecule has 6 heteroatoms. The molecule has 0 spiro atoms. The Balaban J connectivity index is 2.46. The van der Waals surface area contributed by atoms with Gasteiger partial charge >= 0.3 is 0 Å². The summed E-state index contributed by atoms with van der Waals surface area (Å²) in [4.78, 5) is 8.95. The molecular weight excluding hydrogens is 330 g/mol. The summed E-state index contributed by atoms with van der Waals surface area (Å²) >= 11 is 9.39. The Morgan fingerprint density at radius 2 is 2.21 bits per heavy atom. The van der Waals surface area contributed by atoms with Crippen LogP contribution in [0.15, 0.2) is 16.7 Å². The zero-order valence-electron chi connectivity index (χ0n) is 11.3. The standard InChI is InChI=1S/C13H17BrClN3O/c1-4-19-13(2,3)8-18-11(6-15)17-10-5-9(14)7-16-12(10)18/h5,7H,4,6,8H2,1-3H3. The number of hydrogen-bond donors (Lipinski definition) is 0. The fraction of sp³-hybridized carbons (Fsp3) is 0.538. The molecule has 104 valence electrons. The van der Waals surface area contributed by atoms with Gasteiger partial charge in [0.1, 0.15) is 11.3 Å². The summed E-state index contributed by atoms with van der Waals surface area (Å²) in [5.41, 5.74) is 1.40. The lowest BCUT2D eigenvalue weighted by atomic mass is 10.1. The zero-order valence-corrected chi connectivity index (χ0v) is 13.6. The van der Waals surface area contributed by atoms with Crippen molar-refractivity contribution in [3.63, 3.8) is 0 Å². The number of fused-ring (bicyclic) bond motifs is 1. The van der Waals surface area contributed by atoms with E-state index in [0.717, 1.165) is 21.5 Å². The molecule has 0 aromatic carbocycles. The molecule has 0 amide bonds. The zero-order chi connectivity index (χ0) is 14.0. The van der Waals surface area contributed by atoms with Crippen molar-refractivity contribution in [1.29, 1.82) is 0 Å². The normalized spacial score (nSPS) is 12.3. The Labute approximate surface area is 126 Å². The first-order chi connectivity index (χ1) is 8.96. The molecule has 0 fully saturated rings. The molecule has 0 saturated carbocycles. The summed E-state index contributed by atoms with van der Waals surface area (Å²) in [6.07, 6.45) is 1.77. The third-order valence-electron chi connectivity index (χ3n) is 2.82. The third-order valence-corrected chi connectivity index (χ3v) is 3.50. The van der Waals surface area contributed by atoms with E-state index in [0.29, 0.717) is 19.0 Å². The van der Waals surface area contributed by atoms with Gasteiger partial charge in [-0.1, -0.05) is 0 Å². The first-order valence-electron chi connectivity index (χ1n) is 6.17. The van der Waals surface area contributed by atoms with Crippen molar-refractivity contribution in [2.45, 2.75) is 38.8 Å². The molecular formula is C13H17BrClN3O. The highest BCUT2D eigenvalue weighted by atomic mass is 79.9. The van der Waals surface area contributed by atoms with Gasteiger partial charge in [0.15, 0.2) is 5.65 Å². The van der Waals surface area contributed by atoms with E-state index in [1.54, 1.807) is 6.20 Å². The number of halogens is 2. The predicted octanol–water partition coefficient (Wildman–Crippen LogP) is 3.75. The van der Waals surface area contributed by atoms with Crippen LogP contribution in [0.4, 0.5) is 0 Å². The monoisotopic (exact) mass is 345 g/mol. The number of nitrogens with zero attached hydrogens (tertiary/aromatic N) is 3. The molecule has 19 heavy (non-hydrogen) atoms. The molecule has 0 unspecified atom stereocenters. The van der Waals surface area contributed by atoms with Crippen LogP contribution < -0.4 is 0 Å². The van der Waals surface area contributed by atoms with E-state index >= 15 is 0 Å². The second kappa shape index (κ2) is 5.77. The van der Waals surface area contributed by atoms with Crippen LogP contribution in [0, 0.1) is 0 Å². The van der Waals surface area contributed by atoms with E-state index in [1.807, 2.05) is 17.6 Å². The van der Waals surface area contributed by atoms with Crippen molar-refractivity contribution >= 4 is 38.7 Å². The van der Waals surface area contributed by atoms with Gasteiger partial charge in [0.05, 0.1) is 18.0 Å². The fourth-order valence-corrected chi connectivity index (χ4v) is 2.64. The van der Waals surface area contributed by atoms with Gasteiger partial charge in [-0.2, -0.15) is 0 Å². The highest BCUT2D eigenvalue weighted by molar-refractivity contribution is 9.10. The molecule has 0 bridgehead atoms. The minimum absolute atomic E-state index is 0.280. The Bertz CT molecular complexity index is 583. The van der Waals surface area contributed by atoms with Crippen molar-refractivity contribution in [3.8, 4) is 0 Å². The molecule has 0 N–H and O–H groups in total. The van der Waals surface area contributed by atoms with Gasteiger partial charge in [-0.3, -0.25) is 0 Å². The number of aromatic nitrogens is 3. The van der Waals surface area contributed by atoms with Gasteiger partial charge in [0, 0.05) is 17.3 Å². The SMILES string of the molecule is CCOC(C)(C)Cn1c(CCl)nc2cc(Br)cnc21. The molecule has 2 aromatic heterocycles. The van der Waals surface area contributed by atoms with Gasteiger partial charge < -0.3 is 9.30 Å². The molecule has 4 nitrogen and oxygen atoms in total. The summed E-state index contributed by atoms with van der Waals surface area (Å²) in [5, 5.41) is 0. The largest absolute Gasteiger partial charge is 0.374 e. The molecule has 2 heterocycles. The van der Waals surface area contributed by atoms with Gasteiger partial charge in [-0.05, 0) is 42.8 Å². The Morgan fingerprint density at radius 1 is 1.47 bits per heavy atom. The van der Waals surface area contributed by atoms with Crippen molar-refractivity contribution in [2.75, 3.05) is 6.61 Å². The van der Waals surface area contributed by atoms with E-state index < -0.39 is 0 Å². The molecule has 0 aliphatic rings. The molecule has 0 radical (unpaired) electrons. The van der Waals surface area contributed by atoms with E-state index in [4.69, 9.17) is 16.3 Å². The fourth-order valence-electron chi connectivity index (χ4n) is 2.12. The van der Waals surface area contributed by atoms with Crippen LogP contribution in [-0.4, -0.2) is 26.7 Å². The summed E-state index contributed by atoms with van der Waals surface area (Å²) in [5.74, 6) is 1.17. The number of pyridine rings is 1. The van der Waals surface area contributed by atoms with Gasteiger partial charge in [-0.15, -0.1) is 11.6 Å². The lowest BCUT2D eigenvalue weighted by molar-refractivity contribution is -0.0221. The topological polar surface area (TPSA) is 39.9 Å². The molecule has 2 aromatic rings. The van der Waals surface area contributed by atoms with Crippen LogP contribution in [0.1, 0.15) is 26.6 Å². The van der Waals surface area contributed by atoms with Crippen molar-refractivity contribution in [1.82, 2.24) is 14.5 Å². The van der Waals surface area contributed by atoms with Crippen LogP contribution in [0.25, 0.3) is 11.2 Å². The average Bonchev–Trinajstić information content (AvgIpc) is 2.65. The van der Waals surface area contributed by atoms with Crippen molar-refractivity contribution in [3.05, 3.63) is 22.6 Å². The van der Waals surface area contributed by atoms with Crippen molar-refractivity contribution < 1.29 is 4.74 Å². The average molecular weight is 347 g/mol. The highest BCUT2D eigenvalue weighted by Gasteiger charge is 2.22. The number of alkyl halides is 1. The first-order valence-corrected chi connectivity index (χ1v) is 7.50. The Morgan fingerprint density at radius 3 is 2.84 bits per heavy atom. The number of hydrogen-bond acceptors (Lipinski definition) is 3. The summed E-state index contributed by atoms with van der Waals surface area (Å²) in [7, 11) is 0.